The molecule has 0 unspecified atom stereocenters. The number of amidine groups is 1. The number of nitrogens with one attached hydrogen (secondary N) is 1. The van der Waals surface area contributed by atoms with Gasteiger partial charge < -0.3 is 9.50 Å². The van der Waals surface area contributed by atoms with Crippen molar-refractivity contribution in [2.45, 2.75) is 11.8 Å². The van der Waals surface area contributed by atoms with Gasteiger partial charge in [0.05, 0.1) is 15.1 Å². The zero-order valence-electron chi connectivity index (χ0n) is 17.1. The number of hydrogen-bond acceptors (Lipinski definition) is 6. The first-order valence-electron chi connectivity index (χ1n) is 9.55. The van der Waals surface area contributed by atoms with E-state index in [1.807, 2.05) is 31.2 Å². The number of benzene rings is 3. The van der Waals surface area contributed by atoms with E-state index in [9.17, 15) is 13.2 Å². The molecule has 0 radical (unpaired) electrons. The molecule has 1 amide bonds. The predicted octanol–water partition coefficient (Wildman–Crippen LogP) is 6.07. The minimum atomic E-state index is -4.02. The monoisotopic (exact) mass is 562 g/mol. The number of carbonyl (C=O) groups excluding carboxylic acids is 1. The van der Waals surface area contributed by atoms with E-state index in [2.05, 4.69) is 26.2 Å². The Balaban J connectivity index is 1.51. The summed E-state index contributed by atoms with van der Waals surface area (Å²) in [5.41, 5.74) is 2.56. The zero-order chi connectivity index (χ0) is 23.6. The minimum absolute atomic E-state index is 0.00980. The van der Waals surface area contributed by atoms with Gasteiger partial charge in [0.1, 0.15) is 4.90 Å². The Bertz CT molecular complexity index is 1390. The van der Waals surface area contributed by atoms with Crippen LogP contribution >= 0.6 is 39.3 Å². The Morgan fingerprint density at radius 3 is 2.42 bits per heavy atom. The lowest BCUT2D eigenvalue weighted by molar-refractivity contribution is -0.115. The molecule has 6 nitrogen and oxygen atoms in total. The fourth-order valence-electron chi connectivity index (χ4n) is 2.81. The summed E-state index contributed by atoms with van der Waals surface area (Å²) >= 11 is 10.4. The van der Waals surface area contributed by atoms with E-state index >= 15 is 0 Å². The lowest BCUT2D eigenvalue weighted by Crippen LogP contribution is -2.19. The molecule has 1 aliphatic heterocycles. The molecule has 33 heavy (non-hydrogen) atoms. The van der Waals surface area contributed by atoms with Gasteiger partial charge in [0.25, 0.3) is 5.91 Å². The number of amides is 1. The summed E-state index contributed by atoms with van der Waals surface area (Å²) in [7, 11) is -4.02. The van der Waals surface area contributed by atoms with Crippen molar-refractivity contribution in [2.75, 3.05) is 0 Å². The van der Waals surface area contributed by atoms with Crippen LogP contribution in [0.15, 0.2) is 86.0 Å². The second-order valence-corrected chi connectivity index (χ2v) is 10.9. The van der Waals surface area contributed by atoms with Crippen LogP contribution in [0.5, 0.6) is 5.75 Å². The Labute approximate surface area is 209 Å². The average Bonchev–Trinajstić information content (AvgIpc) is 3.10. The maximum Gasteiger partial charge on any atom is 0.339 e. The van der Waals surface area contributed by atoms with Crippen LogP contribution in [0.4, 0.5) is 5.69 Å². The Morgan fingerprint density at radius 2 is 1.76 bits per heavy atom. The van der Waals surface area contributed by atoms with Crippen molar-refractivity contribution in [1.29, 1.82) is 0 Å². The maximum absolute atomic E-state index is 12.5. The molecular weight excluding hydrogens is 548 g/mol. The van der Waals surface area contributed by atoms with E-state index in [0.29, 0.717) is 25.1 Å². The van der Waals surface area contributed by atoms with Gasteiger partial charge in [-0.25, -0.2) is 4.99 Å². The number of aryl methyl sites for hydroxylation is 1. The second kappa shape index (κ2) is 9.72. The van der Waals surface area contributed by atoms with Crippen molar-refractivity contribution in [1.82, 2.24) is 5.32 Å². The number of hydrogen-bond donors (Lipinski definition) is 1. The third-order valence-electron chi connectivity index (χ3n) is 4.47. The molecule has 0 aromatic heterocycles. The number of thioether (sulfide) groups is 1. The van der Waals surface area contributed by atoms with Crippen molar-refractivity contribution in [3.63, 3.8) is 0 Å². The van der Waals surface area contributed by atoms with Crippen LogP contribution in [-0.2, 0) is 14.9 Å². The summed E-state index contributed by atoms with van der Waals surface area (Å²) in [4.78, 5) is 17.3. The molecule has 0 atom stereocenters. The highest BCUT2D eigenvalue weighted by atomic mass is 79.9. The summed E-state index contributed by atoms with van der Waals surface area (Å²) in [6, 6.07) is 18.2. The molecule has 0 saturated carbocycles. The Hall–Kier alpha value is -2.59. The number of halogens is 2. The zero-order valence-corrected chi connectivity index (χ0v) is 21.1. The van der Waals surface area contributed by atoms with E-state index in [0.717, 1.165) is 11.3 Å². The van der Waals surface area contributed by atoms with Crippen molar-refractivity contribution >= 4 is 72.2 Å². The van der Waals surface area contributed by atoms with Crippen LogP contribution in [0.25, 0.3) is 6.08 Å². The third kappa shape index (κ3) is 5.86. The molecule has 1 fully saturated rings. The van der Waals surface area contributed by atoms with E-state index in [1.54, 1.807) is 18.2 Å². The van der Waals surface area contributed by atoms with Crippen LogP contribution < -0.4 is 9.50 Å². The van der Waals surface area contributed by atoms with Gasteiger partial charge in [-0.05, 0) is 94.8 Å². The molecule has 4 rings (SSSR count). The first-order chi connectivity index (χ1) is 15.7. The molecular formula is C23H16BrClN2O4S2. The van der Waals surface area contributed by atoms with Crippen LogP contribution in [0, 0.1) is 6.92 Å². The first-order valence-corrected chi connectivity index (χ1v) is 12.9. The summed E-state index contributed by atoms with van der Waals surface area (Å²) in [5, 5.41) is 3.66. The standard InChI is InChI=1S/C23H16BrClN2O4S2/c1-14-2-7-17(8-3-14)26-23-27-22(28)21(32-23)13-15-4-11-20(19(24)12-15)31-33(29,30)18-9-5-16(25)6-10-18/h2-13H,1H3,(H,26,27,28)/b21-13-. The smallest absolute Gasteiger partial charge is 0.339 e. The van der Waals surface area contributed by atoms with Crippen LogP contribution in [0.2, 0.25) is 5.02 Å². The SMILES string of the molecule is Cc1ccc(N=C2NC(=O)/C(=C/c3ccc(OS(=O)(=O)c4ccc(Cl)cc4)c(Br)c3)S2)cc1. The summed E-state index contributed by atoms with van der Waals surface area (Å²) in [6.45, 7) is 1.99. The number of carbonyl (C=O) groups is 1. The van der Waals surface area contributed by atoms with Crippen molar-refractivity contribution in [3.05, 3.63) is 92.3 Å². The molecule has 0 spiro atoms. The molecule has 0 bridgehead atoms. The van der Waals surface area contributed by atoms with Gasteiger partial charge in [0.15, 0.2) is 10.9 Å². The van der Waals surface area contributed by atoms with Gasteiger partial charge in [-0.1, -0.05) is 35.4 Å². The normalized spacial score (nSPS) is 16.3. The van der Waals surface area contributed by atoms with Crippen molar-refractivity contribution < 1.29 is 17.4 Å². The fourth-order valence-corrected chi connectivity index (χ4v) is 5.31. The first kappa shape index (κ1) is 23.6. The highest BCUT2D eigenvalue weighted by molar-refractivity contribution is 9.10. The lowest BCUT2D eigenvalue weighted by Gasteiger charge is -2.09. The molecule has 1 heterocycles. The molecule has 3 aromatic carbocycles. The highest BCUT2D eigenvalue weighted by Gasteiger charge is 2.24. The molecule has 1 aliphatic rings. The van der Waals surface area contributed by atoms with E-state index < -0.39 is 10.1 Å². The molecule has 168 valence electrons. The number of nitrogens with zero attached hydrogens (tertiary/aromatic N) is 1. The van der Waals surface area contributed by atoms with Gasteiger partial charge in [0, 0.05) is 5.02 Å². The molecule has 1 N–H and O–H groups in total. The topological polar surface area (TPSA) is 84.8 Å². The summed E-state index contributed by atoms with van der Waals surface area (Å²) < 4.78 is 30.7. The average molecular weight is 564 g/mol. The lowest BCUT2D eigenvalue weighted by atomic mass is 10.2. The van der Waals surface area contributed by atoms with Crippen LogP contribution in [-0.4, -0.2) is 19.5 Å². The highest BCUT2D eigenvalue weighted by Crippen LogP contribution is 2.32. The molecule has 10 heteroatoms. The van der Waals surface area contributed by atoms with E-state index in [-0.39, 0.29) is 16.6 Å². The summed E-state index contributed by atoms with van der Waals surface area (Å²) in [5.74, 6) is -0.134. The predicted molar refractivity (Wildman–Crippen MR) is 135 cm³/mol. The van der Waals surface area contributed by atoms with E-state index in [1.165, 1.54) is 42.1 Å². The Morgan fingerprint density at radius 1 is 1.06 bits per heavy atom. The molecule has 3 aromatic rings. The quantitative estimate of drug-likeness (QED) is 0.301. The maximum atomic E-state index is 12.5. The Kier molecular flexibility index (Phi) is 6.94. The van der Waals surface area contributed by atoms with Crippen LogP contribution in [0.1, 0.15) is 11.1 Å². The van der Waals surface area contributed by atoms with Crippen molar-refractivity contribution in [2.24, 2.45) is 4.99 Å². The second-order valence-electron chi connectivity index (χ2n) is 7.00. The van der Waals surface area contributed by atoms with Crippen molar-refractivity contribution in [3.8, 4) is 5.75 Å². The fraction of sp³-hybridized carbons (Fsp3) is 0.0435. The van der Waals surface area contributed by atoms with Gasteiger partial charge in [-0.3, -0.25) is 4.79 Å². The molecule has 1 saturated heterocycles. The van der Waals surface area contributed by atoms with Gasteiger partial charge in [0.2, 0.25) is 0 Å². The third-order valence-corrected chi connectivity index (χ3v) is 7.50. The number of aliphatic imine (C=N–C) groups is 1. The van der Waals surface area contributed by atoms with Gasteiger partial charge in [-0.2, -0.15) is 8.42 Å². The number of rotatable bonds is 5. The summed E-state index contributed by atoms with van der Waals surface area (Å²) in [6.07, 6.45) is 1.69. The minimum Gasteiger partial charge on any atom is -0.378 e. The van der Waals surface area contributed by atoms with Gasteiger partial charge in [-0.15, -0.1) is 0 Å². The van der Waals surface area contributed by atoms with Crippen LogP contribution in [0.3, 0.4) is 0 Å². The van der Waals surface area contributed by atoms with Gasteiger partial charge >= 0.3 is 10.1 Å². The van der Waals surface area contributed by atoms with E-state index in [4.69, 9.17) is 15.8 Å². The largest absolute Gasteiger partial charge is 0.378 e. The molecule has 0 aliphatic carbocycles.